The summed E-state index contributed by atoms with van der Waals surface area (Å²) < 4.78 is 28.5. The number of hydrogen-bond donors (Lipinski definition) is 1. The van der Waals surface area contributed by atoms with Gasteiger partial charge >= 0.3 is 5.97 Å². The number of nitrogens with two attached hydrogens (primary N) is 1. The molecule has 5 nitrogen and oxygen atoms in total. The second kappa shape index (κ2) is 6.89. The van der Waals surface area contributed by atoms with E-state index in [0.29, 0.717) is 17.0 Å². The molecule has 1 aliphatic rings. The number of benzene rings is 1. The maximum Gasteiger partial charge on any atom is 0.338 e. The minimum Gasteiger partial charge on any atom is -0.462 e. The van der Waals surface area contributed by atoms with Crippen LogP contribution in [0.15, 0.2) is 27.6 Å². The Morgan fingerprint density at radius 2 is 1.95 bits per heavy atom. The molecular formula is C14H18BrNO4S. The van der Waals surface area contributed by atoms with Gasteiger partial charge in [0.1, 0.15) is 0 Å². The van der Waals surface area contributed by atoms with Crippen LogP contribution in [0.5, 0.6) is 0 Å². The molecule has 0 aromatic heterocycles. The number of halogens is 1. The van der Waals surface area contributed by atoms with Crippen molar-refractivity contribution in [3.63, 3.8) is 0 Å². The lowest BCUT2D eigenvalue weighted by Crippen LogP contribution is -2.18. The summed E-state index contributed by atoms with van der Waals surface area (Å²) in [7, 11) is -3.88. The van der Waals surface area contributed by atoms with Crippen LogP contribution in [0.4, 0.5) is 0 Å². The number of esters is 1. The van der Waals surface area contributed by atoms with Crippen molar-refractivity contribution >= 4 is 31.9 Å². The second-order valence-corrected chi connectivity index (χ2v) is 7.68. The van der Waals surface area contributed by atoms with Gasteiger partial charge in [-0.25, -0.2) is 18.4 Å². The molecule has 1 fully saturated rings. The first-order valence-corrected chi connectivity index (χ1v) is 9.21. The van der Waals surface area contributed by atoms with Crippen molar-refractivity contribution in [1.82, 2.24) is 0 Å². The standard InChI is InChI=1S/C14H18BrNO4S/c15-12-7-6-11(8-13(12)21(16,18)19)14(17)20-9-10-4-2-1-3-5-10/h6-8,10H,1-5,9H2,(H2,16,18,19). The van der Waals surface area contributed by atoms with Gasteiger partial charge in [0.15, 0.2) is 0 Å². The number of rotatable bonds is 4. The zero-order chi connectivity index (χ0) is 15.5. The molecule has 2 N–H and O–H groups in total. The highest BCUT2D eigenvalue weighted by Gasteiger charge is 2.19. The molecule has 0 amide bonds. The van der Waals surface area contributed by atoms with E-state index in [0.717, 1.165) is 12.8 Å². The molecule has 0 bridgehead atoms. The number of hydrogen-bond acceptors (Lipinski definition) is 4. The first-order valence-electron chi connectivity index (χ1n) is 6.87. The van der Waals surface area contributed by atoms with Gasteiger partial charge in [0.05, 0.1) is 17.1 Å². The molecular weight excluding hydrogens is 358 g/mol. The van der Waals surface area contributed by atoms with Crippen molar-refractivity contribution in [3.05, 3.63) is 28.2 Å². The van der Waals surface area contributed by atoms with Crippen LogP contribution in [-0.4, -0.2) is 21.0 Å². The summed E-state index contributed by atoms with van der Waals surface area (Å²) in [5, 5.41) is 5.11. The lowest BCUT2D eigenvalue weighted by Gasteiger charge is -2.21. The van der Waals surface area contributed by atoms with E-state index in [1.165, 1.54) is 37.5 Å². The van der Waals surface area contributed by atoms with Crippen LogP contribution in [-0.2, 0) is 14.8 Å². The molecule has 0 atom stereocenters. The Morgan fingerprint density at radius 3 is 2.57 bits per heavy atom. The van der Waals surface area contributed by atoms with Gasteiger partial charge in [0.25, 0.3) is 0 Å². The van der Waals surface area contributed by atoms with Gasteiger partial charge in [0, 0.05) is 4.47 Å². The summed E-state index contributed by atoms with van der Waals surface area (Å²) in [6, 6.07) is 4.24. The third-order valence-corrected chi connectivity index (χ3v) is 5.55. The Hall–Kier alpha value is -0.920. The number of carbonyl (C=O) groups is 1. The van der Waals surface area contributed by atoms with Crippen molar-refractivity contribution in [2.24, 2.45) is 11.1 Å². The van der Waals surface area contributed by atoms with E-state index in [1.807, 2.05) is 0 Å². The fourth-order valence-electron chi connectivity index (χ4n) is 2.48. The first-order chi connectivity index (χ1) is 9.88. The minimum absolute atomic E-state index is 0.116. The van der Waals surface area contributed by atoms with Gasteiger partial charge < -0.3 is 4.74 Å². The monoisotopic (exact) mass is 375 g/mol. The van der Waals surface area contributed by atoms with Crippen LogP contribution in [0.1, 0.15) is 42.5 Å². The summed E-state index contributed by atoms with van der Waals surface area (Å²) >= 11 is 3.11. The zero-order valence-electron chi connectivity index (χ0n) is 11.5. The summed E-state index contributed by atoms with van der Waals surface area (Å²) in [6.45, 7) is 0.388. The predicted octanol–water partition coefficient (Wildman–Crippen LogP) is 2.83. The Kier molecular flexibility index (Phi) is 5.40. The Labute approximate surface area is 133 Å². The highest BCUT2D eigenvalue weighted by molar-refractivity contribution is 9.10. The maximum absolute atomic E-state index is 12.0. The molecule has 1 aliphatic carbocycles. The average molecular weight is 376 g/mol. The maximum atomic E-state index is 12.0. The highest BCUT2D eigenvalue weighted by Crippen LogP contribution is 2.25. The third kappa shape index (κ3) is 4.52. The summed E-state index contributed by atoms with van der Waals surface area (Å²) in [6.07, 6.45) is 5.76. The van der Waals surface area contributed by atoms with E-state index in [9.17, 15) is 13.2 Å². The quantitative estimate of drug-likeness (QED) is 0.819. The smallest absolute Gasteiger partial charge is 0.338 e. The molecule has 1 aromatic carbocycles. The van der Waals surface area contributed by atoms with E-state index < -0.39 is 16.0 Å². The first kappa shape index (κ1) is 16.5. The van der Waals surface area contributed by atoms with E-state index in [1.54, 1.807) is 0 Å². The van der Waals surface area contributed by atoms with Crippen molar-refractivity contribution in [2.75, 3.05) is 6.61 Å². The van der Waals surface area contributed by atoms with Crippen molar-refractivity contribution in [1.29, 1.82) is 0 Å². The van der Waals surface area contributed by atoms with E-state index >= 15 is 0 Å². The van der Waals surface area contributed by atoms with Crippen LogP contribution >= 0.6 is 15.9 Å². The molecule has 0 unspecified atom stereocenters. The van der Waals surface area contributed by atoms with Gasteiger partial charge in [0.2, 0.25) is 10.0 Å². The van der Waals surface area contributed by atoms with Crippen LogP contribution in [0.25, 0.3) is 0 Å². The molecule has 2 rings (SSSR count). The molecule has 1 saturated carbocycles. The average Bonchev–Trinajstić information content (AvgIpc) is 2.45. The summed E-state index contributed by atoms with van der Waals surface area (Å²) in [4.78, 5) is 11.9. The van der Waals surface area contributed by atoms with Crippen LogP contribution in [0.2, 0.25) is 0 Å². The Balaban J connectivity index is 2.05. The fourth-order valence-corrected chi connectivity index (χ4v) is 4.03. The van der Waals surface area contributed by atoms with Crippen LogP contribution in [0, 0.1) is 5.92 Å². The molecule has 0 aliphatic heterocycles. The second-order valence-electron chi connectivity index (χ2n) is 5.29. The molecule has 0 saturated heterocycles. The molecule has 1 aromatic rings. The molecule has 116 valence electrons. The Morgan fingerprint density at radius 1 is 1.29 bits per heavy atom. The SMILES string of the molecule is NS(=O)(=O)c1cc(C(=O)OCC2CCCCC2)ccc1Br. The fraction of sp³-hybridized carbons (Fsp3) is 0.500. The van der Waals surface area contributed by atoms with Crippen molar-refractivity contribution in [3.8, 4) is 0 Å². The minimum atomic E-state index is -3.88. The lowest BCUT2D eigenvalue weighted by atomic mass is 9.90. The third-order valence-electron chi connectivity index (χ3n) is 3.65. The zero-order valence-corrected chi connectivity index (χ0v) is 14.0. The van der Waals surface area contributed by atoms with Gasteiger partial charge in [-0.3, -0.25) is 0 Å². The number of sulfonamides is 1. The molecule has 0 radical (unpaired) electrons. The molecule has 7 heteroatoms. The van der Waals surface area contributed by atoms with Crippen molar-refractivity contribution < 1.29 is 17.9 Å². The van der Waals surface area contributed by atoms with Crippen LogP contribution < -0.4 is 5.14 Å². The van der Waals surface area contributed by atoms with E-state index in [2.05, 4.69) is 15.9 Å². The summed E-state index contributed by atoms with van der Waals surface area (Å²) in [5.74, 6) is -0.103. The normalized spacial score (nSPS) is 16.7. The largest absolute Gasteiger partial charge is 0.462 e. The molecule has 0 heterocycles. The van der Waals surface area contributed by atoms with Gasteiger partial charge in [-0.15, -0.1) is 0 Å². The van der Waals surface area contributed by atoms with Gasteiger partial charge in [-0.05, 0) is 52.9 Å². The van der Waals surface area contributed by atoms with E-state index in [4.69, 9.17) is 9.88 Å². The van der Waals surface area contributed by atoms with Crippen molar-refractivity contribution in [2.45, 2.75) is 37.0 Å². The molecule has 0 spiro atoms. The van der Waals surface area contributed by atoms with Crippen LogP contribution in [0.3, 0.4) is 0 Å². The number of ether oxygens (including phenoxy) is 1. The van der Waals surface area contributed by atoms with Gasteiger partial charge in [-0.1, -0.05) is 19.3 Å². The topological polar surface area (TPSA) is 86.5 Å². The number of primary sulfonamides is 1. The highest BCUT2D eigenvalue weighted by atomic mass is 79.9. The summed E-state index contributed by atoms with van der Waals surface area (Å²) in [5.41, 5.74) is 0.193. The molecule has 21 heavy (non-hydrogen) atoms. The Bertz CT molecular complexity index is 624. The lowest BCUT2D eigenvalue weighted by molar-refractivity contribution is 0.0410. The number of carbonyl (C=O) groups excluding carboxylic acids is 1. The predicted molar refractivity (Wildman–Crippen MR) is 82.4 cm³/mol. The van der Waals surface area contributed by atoms with E-state index in [-0.39, 0.29) is 10.5 Å². The van der Waals surface area contributed by atoms with Gasteiger partial charge in [-0.2, -0.15) is 0 Å².